The topological polar surface area (TPSA) is 76.7 Å². The Kier molecular flexibility index (Phi) is 6.51. The fourth-order valence-corrected chi connectivity index (χ4v) is 3.97. The molecule has 1 unspecified atom stereocenters. The first-order valence-corrected chi connectivity index (χ1v) is 9.44. The van der Waals surface area contributed by atoms with Crippen LogP contribution < -0.4 is 15.4 Å². The molecule has 1 aliphatic heterocycles. The number of carbonyl (C=O) groups excluding carboxylic acids is 2. The van der Waals surface area contributed by atoms with Crippen molar-refractivity contribution in [1.29, 1.82) is 0 Å². The van der Waals surface area contributed by atoms with Gasteiger partial charge >= 0.3 is 12.0 Å². The Bertz CT molecular complexity index is 708. The van der Waals surface area contributed by atoms with Gasteiger partial charge in [-0.05, 0) is 77.3 Å². The molecular weight excluding hydrogens is 456 g/mol. The predicted molar refractivity (Wildman–Crippen MR) is 101 cm³/mol. The third kappa shape index (κ3) is 4.55. The van der Waals surface area contributed by atoms with E-state index in [-0.39, 0.29) is 12.1 Å². The van der Waals surface area contributed by atoms with E-state index in [1.54, 1.807) is 20.8 Å². The van der Waals surface area contributed by atoms with Crippen molar-refractivity contribution in [2.45, 2.75) is 39.8 Å². The summed E-state index contributed by atoms with van der Waals surface area (Å²) >= 11 is 6.96. The number of allylic oxidation sites excluding steroid dienone is 1. The monoisotopic (exact) mass is 474 g/mol. The molecule has 0 aliphatic carbocycles. The Morgan fingerprint density at radius 3 is 2.40 bits per heavy atom. The fraction of sp³-hybridized carbons (Fsp3) is 0.412. The molecule has 1 aliphatic rings. The van der Waals surface area contributed by atoms with Gasteiger partial charge in [-0.2, -0.15) is 0 Å². The van der Waals surface area contributed by atoms with Crippen LogP contribution in [0.2, 0.25) is 0 Å². The first-order chi connectivity index (χ1) is 11.7. The SMILES string of the molecule is CCOc1c(Br)cc(C2NC(=O)NC(C)=C2C(=O)OC(C)C)cc1Br. The summed E-state index contributed by atoms with van der Waals surface area (Å²) in [6, 6.07) is 2.65. The molecule has 2 rings (SSSR count). The van der Waals surface area contributed by atoms with Crippen LogP contribution in [0, 0.1) is 0 Å². The highest BCUT2D eigenvalue weighted by atomic mass is 79.9. The van der Waals surface area contributed by atoms with Crippen LogP contribution in [-0.2, 0) is 9.53 Å². The first kappa shape index (κ1) is 19.8. The second kappa shape index (κ2) is 8.23. The average Bonchev–Trinajstić information content (AvgIpc) is 2.49. The number of esters is 1. The summed E-state index contributed by atoms with van der Waals surface area (Å²) in [6.45, 7) is 7.66. The Morgan fingerprint density at radius 2 is 1.88 bits per heavy atom. The molecule has 1 heterocycles. The zero-order valence-corrected chi connectivity index (χ0v) is 17.6. The molecule has 0 aromatic heterocycles. The maximum absolute atomic E-state index is 12.5. The maximum Gasteiger partial charge on any atom is 0.338 e. The normalized spacial score (nSPS) is 17.2. The van der Waals surface area contributed by atoms with Gasteiger partial charge in [0, 0.05) is 5.70 Å². The van der Waals surface area contributed by atoms with E-state index < -0.39 is 12.0 Å². The number of hydrogen-bond donors (Lipinski definition) is 2. The zero-order valence-electron chi connectivity index (χ0n) is 14.4. The van der Waals surface area contributed by atoms with Crippen molar-refractivity contribution in [3.05, 3.63) is 37.9 Å². The van der Waals surface area contributed by atoms with Gasteiger partial charge in [-0.1, -0.05) is 0 Å². The number of hydrogen-bond acceptors (Lipinski definition) is 4. The quantitative estimate of drug-likeness (QED) is 0.626. The van der Waals surface area contributed by atoms with Crippen LogP contribution in [0.5, 0.6) is 5.75 Å². The number of nitrogens with one attached hydrogen (secondary N) is 2. The summed E-state index contributed by atoms with van der Waals surface area (Å²) in [5.41, 5.74) is 1.57. The Morgan fingerprint density at radius 1 is 1.28 bits per heavy atom. The number of rotatable bonds is 5. The van der Waals surface area contributed by atoms with Gasteiger partial charge in [0.25, 0.3) is 0 Å². The maximum atomic E-state index is 12.5. The summed E-state index contributed by atoms with van der Waals surface area (Å²) in [4.78, 5) is 24.5. The summed E-state index contributed by atoms with van der Waals surface area (Å²) in [6.07, 6.45) is -0.259. The van der Waals surface area contributed by atoms with Gasteiger partial charge in [0.1, 0.15) is 5.75 Å². The lowest BCUT2D eigenvalue weighted by atomic mass is 9.95. The molecule has 136 valence electrons. The van der Waals surface area contributed by atoms with Gasteiger partial charge in [-0.15, -0.1) is 0 Å². The predicted octanol–water partition coefficient (Wildman–Crippen LogP) is 4.19. The second-order valence-electron chi connectivity index (χ2n) is 5.77. The summed E-state index contributed by atoms with van der Waals surface area (Å²) in [5, 5.41) is 5.41. The Labute approximate surface area is 163 Å². The van der Waals surface area contributed by atoms with Crippen LogP contribution in [0.15, 0.2) is 32.3 Å². The highest BCUT2D eigenvalue weighted by molar-refractivity contribution is 9.11. The minimum absolute atomic E-state index is 0.259. The molecule has 1 aromatic carbocycles. The van der Waals surface area contributed by atoms with Gasteiger partial charge in [-0.3, -0.25) is 0 Å². The van der Waals surface area contributed by atoms with Crippen LogP contribution >= 0.6 is 31.9 Å². The van der Waals surface area contributed by atoms with E-state index in [0.717, 1.165) is 14.5 Å². The minimum Gasteiger partial charge on any atom is -0.492 e. The summed E-state index contributed by atoms with van der Waals surface area (Å²) in [5.74, 6) is 0.199. The second-order valence-corrected chi connectivity index (χ2v) is 7.48. The van der Waals surface area contributed by atoms with E-state index in [2.05, 4.69) is 42.5 Å². The molecule has 0 saturated heterocycles. The molecule has 0 bridgehead atoms. The lowest BCUT2D eigenvalue weighted by molar-refractivity contribution is -0.143. The van der Waals surface area contributed by atoms with E-state index >= 15 is 0 Å². The molecule has 8 heteroatoms. The van der Waals surface area contributed by atoms with Gasteiger partial charge in [0.05, 0.1) is 33.3 Å². The molecular formula is C17H20Br2N2O4. The van der Waals surface area contributed by atoms with E-state index in [9.17, 15) is 9.59 Å². The smallest absolute Gasteiger partial charge is 0.338 e. The van der Waals surface area contributed by atoms with Crippen molar-refractivity contribution in [3.8, 4) is 5.75 Å². The molecule has 0 fully saturated rings. The highest BCUT2D eigenvalue weighted by Crippen LogP contribution is 2.38. The third-order valence-corrected chi connectivity index (χ3v) is 4.65. The first-order valence-electron chi connectivity index (χ1n) is 7.85. The molecule has 1 atom stereocenters. The number of halogens is 2. The van der Waals surface area contributed by atoms with Crippen molar-refractivity contribution in [3.63, 3.8) is 0 Å². The van der Waals surface area contributed by atoms with Crippen molar-refractivity contribution in [1.82, 2.24) is 10.6 Å². The number of urea groups is 1. The van der Waals surface area contributed by atoms with Gasteiger partial charge in [0.2, 0.25) is 0 Å². The van der Waals surface area contributed by atoms with Gasteiger partial charge < -0.3 is 20.1 Å². The molecule has 2 amide bonds. The van der Waals surface area contributed by atoms with Crippen molar-refractivity contribution in [2.75, 3.05) is 6.61 Å². The van der Waals surface area contributed by atoms with Crippen molar-refractivity contribution >= 4 is 43.9 Å². The van der Waals surface area contributed by atoms with Crippen LogP contribution in [0.4, 0.5) is 4.79 Å². The average molecular weight is 476 g/mol. The standard InChI is InChI=1S/C17H20Br2N2O4/c1-5-24-15-11(18)6-10(7-12(15)19)14-13(16(22)25-8(2)3)9(4)20-17(23)21-14/h6-8,14H,5H2,1-4H3,(H2,20,21,23). The summed E-state index contributed by atoms with van der Waals surface area (Å²) < 4.78 is 12.4. The van der Waals surface area contributed by atoms with E-state index in [0.29, 0.717) is 23.6 Å². The van der Waals surface area contributed by atoms with Crippen LogP contribution in [0.3, 0.4) is 0 Å². The number of benzene rings is 1. The van der Waals surface area contributed by atoms with Gasteiger partial charge in [0.15, 0.2) is 0 Å². The largest absolute Gasteiger partial charge is 0.492 e. The third-order valence-electron chi connectivity index (χ3n) is 3.47. The number of amides is 2. The highest BCUT2D eigenvalue weighted by Gasteiger charge is 2.33. The van der Waals surface area contributed by atoms with Crippen LogP contribution in [-0.4, -0.2) is 24.7 Å². The zero-order chi connectivity index (χ0) is 18.7. The van der Waals surface area contributed by atoms with Crippen LogP contribution in [0.25, 0.3) is 0 Å². The van der Waals surface area contributed by atoms with Crippen LogP contribution in [0.1, 0.15) is 39.3 Å². The Hall–Kier alpha value is -1.54. The molecule has 0 spiro atoms. The Balaban J connectivity index is 2.49. The number of carbonyl (C=O) groups is 2. The van der Waals surface area contributed by atoms with Crippen molar-refractivity contribution < 1.29 is 19.1 Å². The minimum atomic E-state index is -0.622. The molecule has 2 N–H and O–H groups in total. The molecule has 25 heavy (non-hydrogen) atoms. The van der Waals surface area contributed by atoms with E-state index in [4.69, 9.17) is 9.47 Å². The van der Waals surface area contributed by atoms with E-state index in [1.165, 1.54) is 0 Å². The lowest BCUT2D eigenvalue weighted by Gasteiger charge is -2.29. The summed E-state index contributed by atoms with van der Waals surface area (Å²) in [7, 11) is 0. The molecule has 1 aromatic rings. The van der Waals surface area contributed by atoms with Crippen molar-refractivity contribution in [2.24, 2.45) is 0 Å². The molecule has 6 nitrogen and oxygen atoms in total. The molecule has 0 radical (unpaired) electrons. The lowest BCUT2D eigenvalue weighted by Crippen LogP contribution is -2.45. The van der Waals surface area contributed by atoms with Gasteiger partial charge in [-0.25, -0.2) is 9.59 Å². The number of ether oxygens (including phenoxy) is 2. The van der Waals surface area contributed by atoms with E-state index in [1.807, 2.05) is 19.1 Å². The molecule has 0 saturated carbocycles. The fourth-order valence-electron chi connectivity index (χ4n) is 2.52.